The summed E-state index contributed by atoms with van der Waals surface area (Å²) in [6.07, 6.45) is 0.592. The lowest BCUT2D eigenvalue weighted by atomic mass is 10.1. The molecule has 0 fully saturated rings. The largest absolute Gasteiger partial charge is 0.352 e. The summed E-state index contributed by atoms with van der Waals surface area (Å²) in [4.78, 5) is 27.1. The molecule has 0 aliphatic heterocycles. The van der Waals surface area contributed by atoms with Crippen LogP contribution in [0.4, 0.5) is 0 Å². The van der Waals surface area contributed by atoms with Crippen molar-refractivity contribution in [2.75, 3.05) is 19.6 Å². The summed E-state index contributed by atoms with van der Waals surface area (Å²) in [7, 11) is -3.68. The van der Waals surface area contributed by atoms with Crippen LogP contribution in [0.15, 0.2) is 34.0 Å². The van der Waals surface area contributed by atoms with Crippen LogP contribution >= 0.6 is 0 Å². The Morgan fingerprint density at radius 3 is 2.52 bits per heavy atom. The summed E-state index contributed by atoms with van der Waals surface area (Å²) in [6.45, 7) is 6.40. The highest BCUT2D eigenvalue weighted by atomic mass is 32.2. The summed E-state index contributed by atoms with van der Waals surface area (Å²) < 4.78 is 26.9. The molecule has 9 heteroatoms. The Kier molecular flexibility index (Phi) is 6.74. The molecule has 2 aromatic rings. The lowest BCUT2D eigenvalue weighted by Gasteiger charge is -2.19. The number of rotatable bonds is 8. The second kappa shape index (κ2) is 8.64. The Balaban J connectivity index is 2.52. The van der Waals surface area contributed by atoms with E-state index in [1.54, 1.807) is 13.8 Å². The number of nitrogens with one attached hydrogen (secondary N) is 2. The monoisotopic (exact) mass is 394 g/mol. The maximum Gasteiger partial charge on any atom is 0.252 e. The van der Waals surface area contributed by atoms with Crippen LogP contribution < -0.4 is 16.6 Å². The number of aromatic nitrogens is 1. The molecule has 0 aliphatic carbocycles. The molecular weight excluding hydrogens is 368 g/mol. The van der Waals surface area contributed by atoms with Crippen molar-refractivity contribution < 1.29 is 13.2 Å². The highest BCUT2D eigenvalue weighted by molar-refractivity contribution is 7.89. The van der Waals surface area contributed by atoms with E-state index < -0.39 is 21.5 Å². The lowest BCUT2D eigenvalue weighted by Crippen LogP contribution is -2.31. The topological polar surface area (TPSA) is 125 Å². The van der Waals surface area contributed by atoms with Crippen LogP contribution in [0.3, 0.4) is 0 Å². The van der Waals surface area contributed by atoms with Gasteiger partial charge < -0.3 is 16.0 Å². The van der Waals surface area contributed by atoms with Gasteiger partial charge in [-0.2, -0.15) is 4.31 Å². The van der Waals surface area contributed by atoms with E-state index in [0.29, 0.717) is 37.0 Å². The molecule has 1 heterocycles. The van der Waals surface area contributed by atoms with Gasteiger partial charge >= 0.3 is 0 Å². The van der Waals surface area contributed by atoms with Gasteiger partial charge in [0.1, 0.15) is 0 Å². The van der Waals surface area contributed by atoms with Gasteiger partial charge in [-0.15, -0.1) is 0 Å². The van der Waals surface area contributed by atoms with E-state index in [1.807, 2.05) is 6.92 Å². The molecule has 1 atom stereocenters. The van der Waals surface area contributed by atoms with Crippen LogP contribution in [0.5, 0.6) is 0 Å². The van der Waals surface area contributed by atoms with Gasteiger partial charge in [0.25, 0.3) is 5.91 Å². The molecule has 8 nitrogen and oxygen atoms in total. The predicted molar refractivity (Wildman–Crippen MR) is 105 cm³/mol. The van der Waals surface area contributed by atoms with Gasteiger partial charge in [-0.05, 0) is 31.5 Å². The van der Waals surface area contributed by atoms with Crippen LogP contribution in [-0.2, 0) is 10.0 Å². The lowest BCUT2D eigenvalue weighted by molar-refractivity contribution is 0.0954. The molecule has 0 bridgehead atoms. The smallest absolute Gasteiger partial charge is 0.252 e. The summed E-state index contributed by atoms with van der Waals surface area (Å²) >= 11 is 0. The number of carbonyl (C=O) groups is 1. The van der Waals surface area contributed by atoms with Crippen LogP contribution in [-0.4, -0.2) is 49.3 Å². The fraction of sp³-hybridized carbons (Fsp3) is 0.444. The number of amides is 1. The third kappa shape index (κ3) is 4.74. The minimum atomic E-state index is -3.68. The summed E-state index contributed by atoms with van der Waals surface area (Å²) in [5, 5.41) is 3.10. The van der Waals surface area contributed by atoms with Crippen molar-refractivity contribution in [3.05, 3.63) is 40.2 Å². The Bertz CT molecular complexity index is 979. The van der Waals surface area contributed by atoms with Gasteiger partial charge in [0.15, 0.2) is 0 Å². The zero-order valence-electron chi connectivity index (χ0n) is 15.8. The molecule has 2 rings (SSSR count). The highest BCUT2D eigenvalue weighted by Gasteiger charge is 2.23. The molecule has 1 aromatic heterocycles. The van der Waals surface area contributed by atoms with E-state index in [1.165, 1.54) is 28.6 Å². The predicted octanol–water partition coefficient (Wildman–Crippen LogP) is 1.03. The first-order valence-corrected chi connectivity index (χ1v) is 10.4. The first-order chi connectivity index (χ1) is 12.7. The zero-order valence-corrected chi connectivity index (χ0v) is 16.6. The molecule has 148 valence electrons. The molecule has 27 heavy (non-hydrogen) atoms. The number of H-pyrrole nitrogens is 1. The first kappa shape index (κ1) is 21.1. The fourth-order valence-electron chi connectivity index (χ4n) is 2.80. The van der Waals surface area contributed by atoms with Crippen LogP contribution in [0, 0.1) is 0 Å². The van der Waals surface area contributed by atoms with Crippen molar-refractivity contribution in [2.45, 2.75) is 38.1 Å². The normalized spacial score (nSPS) is 13.1. The second-order valence-electron chi connectivity index (χ2n) is 6.37. The Labute approximate surface area is 158 Å². The average Bonchev–Trinajstić information content (AvgIpc) is 2.60. The minimum Gasteiger partial charge on any atom is -0.352 e. The van der Waals surface area contributed by atoms with Crippen molar-refractivity contribution in [1.29, 1.82) is 0 Å². The van der Waals surface area contributed by atoms with Crippen molar-refractivity contribution in [2.24, 2.45) is 5.73 Å². The van der Waals surface area contributed by atoms with Crippen molar-refractivity contribution >= 4 is 26.8 Å². The number of nitrogens with two attached hydrogens (primary N) is 1. The molecule has 0 radical (unpaired) electrons. The van der Waals surface area contributed by atoms with Gasteiger partial charge in [-0.3, -0.25) is 9.59 Å². The number of hydrogen-bond donors (Lipinski definition) is 3. The first-order valence-electron chi connectivity index (χ1n) is 8.91. The maximum atomic E-state index is 12.8. The van der Waals surface area contributed by atoms with Gasteiger partial charge in [0.05, 0.1) is 10.5 Å². The Morgan fingerprint density at radius 1 is 1.26 bits per heavy atom. The van der Waals surface area contributed by atoms with Crippen molar-refractivity contribution in [3.63, 3.8) is 0 Å². The summed E-state index contributed by atoms with van der Waals surface area (Å²) in [6, 6.07) is 5.49. The molecular formula is C18H26N4O4S. The van der Waals surface area contributed by atoms with Crippen LogP contribution in [0.25, 0.3) is 10.9 Å². The van der Waals surface area contributed by atoms with Gasteiger partial charge in [-0.25, -0.2) is 8.42 Å². The zero-order chi connectivity index (χ0) is 20.2. The second-order valence-corrected chi connectivity index (χ2v) is 8.30. The summed E-state index contributed by atoms with van der Waals surface area (Å²) in [5.41, 5.74) is 5.78. The molecule has 1 amide bonds. The van der Waals surface area contributed by atoms with E-state index >= 15 is 0 Å². The van der Waals surface area contributed by atoms with Crippen LogP contribution in [0.1, 0.15) is 37.6 Å². The molecule has 0 spiro atoms. The van der Waals surface area contributed by atoms with Gasteiger partial charge in [0.2, 0.25) is 15.6 Å². The van der Waals surface area contributed by atoms with Crippen molar-refractivity contribution in [3.8, 4) is 0 Å². The Hall–Kier alpha value is -2.23. The minimum absolute atomic E-state index is 0.0629. The van der Waals surface area contributed by atoms with E-state index in [9.17, 15) is 18.0 Å². The standard InChI is InChI=1S/C18H26N4O4S/c1-4-22(5-2)27(25,26)13-6-7-16-14(10-13)15(11-17(23)21-16)18(24)20-9-8-12(3)19/h6-7,10-12H,4-5,8-9,19H2,1-3H3,(H,20,24)(H,21,23). The molecule has 0 aliphatic rings. The average molecular weight is 394 g/mol. The third-order valence-electron chi connectivity index (χ3n) is 4.29. The number of aromatic amines is 1. The van der Waals surface area contributed by atoms with E-state index in [4.69, 9.17) is 5.73 Å². The number of sulfonamides is 1. The molecule has 1 unspecified atom stereocenters. The quantitative estimate of drug-likeness (QED) is 0.616. The SMILES string of the molecule is CCN(CC)S(=O)(=O)c1ccc2[nH]c(=O)cc(C(=O)NCCC(C)N)c2c1. The number of fused-ring (bicyclic) bond motifs is 1. The molecule has 1 aromatic carbocycles. The van der Waals surface area contributed by atoms with Gasteiger partial charge in [-0.1, -0.05) is 13.8 Å². The summed E-state index contributed by atoms with van der Waals surface area (Å²) in [5.74, 6) is -0.441. The Morgan fingerprint density at radius 2 is 1.93 bits per heavy atom. The van der Waals surface area contributed by atoms with Crippen molar-refractivity contribution in [1.82, 2.24) is 14.6 Å². The van der Waals surface area contributed by atoms with E-state index in [2.05, 4.69) is 10.3 Å². The van der Waals surface area contributed by atoms with Crippen LogP contribution in [0.2, 0.25) is 0 Å². The maximum absolute atomic E-state index is 12.8. The fourth-order valence-corrected chi connectivity index (χ4v) is 4.29. The number of carbonyl (C=O) groups excluding carboxylic acids is 1. The molecule has 0 saturated carbocycles. The number of hydrogen-bond acceptors (Lipinski definition) is 5. The van der Waals surface area contributed by atoms with E-state index in [0.717, 1.165) is 0 Å². The third-order valence-corrected chi connectivity index (χ3v) is 6.33. The highest BCUT2D eigenvalue weighted by Crippen LogP contribution is 2.22. The number of pyridine rings is 1. The number of benzene rings is 1. The van der Waals surface area contributed by atoms with E-state index in [-0.39, 0.29) is 16.5 Å². The number of nitrogens with zero attached hydrogens (tertiary/aromatic N) is 1. The molecule has 0 saturated heterocycles. The van der Waals surface area contributed by atoms with Gasteiger partial charge in [0, 0.05) is 42.6 Å². The molecule has 4 N–H and O–H groups in total.